The molecule has 1 amide bonds. The lowest BCUT2D eigenvalue weighted by molar-refractivity contribution is 0.141. The summed E-state index contributed by atoms with van der Waals surface area (Å²) in [7, 11) is 0. The highest BCUT2D eigenvalue weighted by molar-refractivity contribution is 5.69. The van der Waals surface area contributed by atoms with Crippen molar-refractivity contribution in [2.24, 2.45) is 0 Å². The second kappa shape index (κ2) is 3.40. The predicted molar refractivity (Wildman–Crippen MR) is 57.5 cm³/mol. The maximum Gasteiger partial charge on any atom is 0.407 e. The number of hydrogen-bond acceptors (Lipinski definition) is 3. The van der Waals surface area contributed by atoms with Crippen molar-refractivity contribution in [3.63, 3.8) is 0 Å². The molecule has 2 heterocycles. The Hall–Kier alpha value is -1.71. The van der Waals surface area contributed by atoms with Crippen LogP contribution < -0.4 is 10.1 Å². The highest BCUT2D eigenvalue weighted by atomic mass is 16.6. The molecule has 3 rings (SSSR count). The second-order valence-electron chi connectivity index (χ2n) is 4.27. The molecule has 1 saturated heterocycles. The monoisotopic (exact) mass is 219 g/mol. The summed E-state index contributed by atoms with van der Waals surface area (Å²) in [6.07, 6.45) is 0.676. The van der Waals surface area contributed by atoms with Gasteiger partial charge in [0.1, 0.15) is 18.0 Å². The van der Waals surface area contributed by atoms with Crippen molar-refractivity contribution >= 4 is 6.09 Å². The fraction of sp³-hybridized carbons (Fsp3) is 0.417. The van der Waals surface area contributed by atoms with Crippen molar-refractivity contribution in [3.8, 4) is 5.75 Å². The standard InChI is InChI=1S/C12H13NO3/c1-7-4-9-5-8(2-3-10(9)15-7)11-6-13-12(14)16-11/h2-3,5,7,11H,4,6H2,1H3,(H,13,14). The molecule has 2 unspecified atom stereocenters. The number of carbonyl (C=O) groups excluding carboxylic acids is 1. The van der Waals surface area contributed by atoms with Crippen LogP contribution in [0.5, 0.6) is 5.75 Å². The number of nitrogens with one attached hydrogen (secondary N) is 1. The van der Waals surface area contributed by atoms with E-state index in [-0.39, 0.29) is 18.3 Å². The van der Waals surface area contributed by atoms with Gasteiger partial charge in [-0.05, 0) is 30.2 Å². The molecule has 2 aliphatic rings. The first-order valence-corrected chi connectivity index (χ1v) is 5.46. The molecular formula is C12H13NO3. The van der Waals surface area contributed by atoms with Crippen molar-refractivity contribution < 1.29 is 14.3 Å². The normalized spacial score (nSPS) is 26.9. The van der Waals surface area contributed by atoms with Gasteiger partial charge >= 0.3 is 6.09 Å². The van der Waals surface area contributed by atoms with Crippen LogP contribution in [0.1, 0.15) is 24.2 Å². The van der Waals surface area contributed by atoms with Gasteiger partial charge in [-0.1, -0.05) is 6.07 Å². The molecule has 1 fully saturated rings. The second-order valence-corrected chi connectivity index (χ2v) is 4.27. The number of alkyl carbamates (subject to hydrolysis) is 1. The van der Waals surface area contributed by atoms with Crippen molar-refractivity contribution in [2.45, 2.75) is 25.6 Å². The summed E-state index contributed by atoms with van der Waals surface area (Å²) in [4.78, 5) is 11.0. The average Bonchev–Trinajstić information content (AvgIpc) is 2.81. The topological polar surface area (TPSA) is 47.6 Å². The minimum atomic E-state index is -0.338. The summed E-state index contributed by atoms with van der Waals surface area (Å²) in [6, 6.07) is 5.99. The van der Waals surface area contributed by atoms with E-state index in [0.29, 0.717) is 6.54 Å². The molecule has 0 radical (unpaired) electrons. The first kappa shape index (κ1) is 9.51. The molecule has 0 saturated carbocycles. The molecule has 0 spiro atoms. The van der Waals surface area contributed by atoms with Crippen LogP contribution in [0.4, 0.5) is 4.79 Å². The maximum absolute atomic E-state index is 11.0. The first-order chi connectivity index (χ1) is 7.72. The molecule has 4 heteroatoms. The largest absolute Gasteiger partial charge is 0.490 e. The summed E-state index contributed by atoms with van der Waals surface area (Å²) in [6.45, 7) is 2.60. The lowest BCUT2D eigenvalue weighted by Gasteiger charge is -2.09. The van der Waals surface area contributed by atoms with Crippen LogP contribution in [0.15, 0.2) is 18.2 Å². The molecule has 0 aromatic heterocycles. The minimum Gasteiger partial charge on any atom is -0.490 e. The van der Waals surface area contributed by atoms with Crippen LogP contribution in [0, 0.1) is 0 Å². The van der Waals surface area contributed by atoms with E-state index in [1.54, 1.807) is 0 Å². The van der Waals surface area contributed by atoms with Gasteiger partial charge in [0, 0.05) is 6.42 Å². The number of fused-ring (bicyclic) bond motifs is 1. The van der Waals surface area contributed by atoms with Gasteiger partial charge in [0.2, 0.25) is 0 Å². The molecule has 1 aromatic carbocycles. The maximum atomic E-state index is 11.0. The Kier molecular flexibility index (Phi) is 2.02. The number of cyclic esters (lactones) is 1. The summed E-state index contributed by atoms with van der Waals surface area (Å²) >= 11 is 0. The Morgan fingerprint density at radius 3 is 3.00 bits per heavy atom. The van der Waals surface area contributed by atoms with Crippen molar-refractivity contribution in [3.05, 3.63) is 29.3 Å². The van der Waals surface area contributed by atoms with Crippen molar-refractivity contribution in [1.82, 2.24) is 5.32 Å². The third kappa shape index (κ3) is 1.50. The summed E-state index contributed by atoms with van der Waals surface area (Å²) in [5.74, 6) is 0.952. The van der Waals surface area contributed by atoms with Gasteiger partial charge in [-0.2, -0.15) is 0 Å². The Balaban J connectivity index is 1.87. The van der Waals surface area contributed by atoms with E-state index in [1.165, 1.54) is 5.56 Å². The molecule has 2 aliphatic heterocycles. The minimum absolute atomic E-state index is 0.159. The van der Waals surface area contributed by atoms with E-state index in [0.717, 1.165) is 17.7 Å². The quantitative estimate of drug-likeness (QED) is 0.783. The molecule has 84 valence electrons. The van der Waals surface area contributed by atoms with Crippen LogP contribution in [0.2, 0.25) is 0 Å². The third-order valence-corrected chi connectivity index (χ3v) is 2.97. The van der Waals surface area contributed by atoms with Gasteiger partial charge in [0.25, 0.3) is 0 Å². The number of hydrogen-bond donors (Lipinski definition) is 1. The van der Waals surface area contributed by atoms with Gasteiger partial charge in [0.15, 0.2) is 0 Å². The van der Waals surface area contributed by atoms with Crippen molar-refractivity contribution in [2.75, 3.05) is 6.54 Å². The molecule has 0 aliphatic carbocycles. The molecule has 0 bridgehead atoms. The number of carbonyl (C=O) groups is 1. The van der Waals surface area contributed by atoms with E-state index < -0.39 is 0 Å². The van der Waals surface area contributed by atoms with E-state index in [2.05, 4.69) is 18.3 Å². The van der Waals surface area contributed by atoms with E-state index >= 15 is 0 Å². The van der Waals surface area contributed by atoms with Gasteiger partial charge in [-0.25, -0.2) is 4.79 Å². The van der Waals surface area contributed by atoms with E-state index in [1.807, 2.05) is 12.1 Å². The highest BCUT2D eigenvalue weighted by Crippen LogP contribution is 2.32. The van der Waals surface area contributed by atoms with Crippen LogP contribution >= 0.6 is 0 Å². The zero-order valence-electron chi connectivity index (χ0n) is 9.03. The fourth-order valence-electron chi connectivity index (χ4n) is 2.22. The summed E-state index contributed by atoms with van der Waals surface area (Å²) < 4.78 is 10.8. The number of amides is 1. The number of rotatable bonds is 1. The van der Waals surface area contributed by atoms with Crippen LogP contribution in [-0.2, 0) is 11.2 Å². The zero-order valence-corrected chi connectivity index (χ0v) is 9.03. The molecule has 1 N–H and O–H groups in total. The first-order valence-electron chi connectivity index (χ1n) is 5.46. The zero-order chi connectivity index (χ0) is 11.1. The van der Waals surface area contributed by atoms with Crippen molar-refractivity contribution in [1.29, 1.82) is 0 Å². The summed E-state index contributed by atoms with van der Waals surface area (Å²) in [5.41, 5.74) is 2.24. The van der Waals surface area contributed by atoms with Gasteiger partial charge in [-0.3, -0.25) is 0 Å². The highest BCUT2D eigenvalue weighted by Gasteiger charge is 2.26. The smallest absolute Gasteiger partial charge is 0.407 e. The van der Waals surface area contributed by atoms with Gasteiger partial charge in [0.05, 0.1) is 6.54 Å². The molecule has 2 atom stereocenters. The third-order valence-electron chi connectivity index (χ3n) is 2.97. The Morgan fingerprint density at radius 1 is 1.38 bits per heavy atom. The number of ether oxygens (including phenoxy) is 2. The van der Waals surface area contributed by atoms with Crippen LogP contribution in [0.3, 0.4) is 0 Å². The van der Waals surface area contributed by atoms with Gasteiger partial charge < -0.3 is 14.8 Å². The lowest BCUT2D eigenvalue weighted by atomic mass is 10.0. The van der Waals surface area contributed by atoms with E-state index in [9.17, 15) is 4.79 Å². The lowest BCUT2D eigenvalue weighted by Crippen LogP contribution is -2.12. The Morgan fingerprint density at radius 2 is 2.25 bits per heavy atom. The Bertz CT molecular complexity index is 444. The number of benzene rings is 1. The molecule has 1 aromatic rings. The van der Waals surface area contributed by atoms with E-state index in [4.69, 9.17) is 9.47 Å². The van der Waals surface area contributed by atoms with Gasteiger partial charge in [-0.15, -0.1) is 0 Å². The fourth-order valence-corrected chi connectivity index (χ4v) is 2.22. The average molecular weight is 219 g/mol. The van der Waals surface area contributed by atoms with Crippen LogP contribution in [-0.4, -0.2) is 18.7 Å². The molecule has 4 nitrogen and oxygen atoms in total. The summed E-state index contributed by atoms with van der Waals surface area (Å²) in [5, 5.41) is 2.65. The Labute approximate surface area is 93.5 Å². The predicted octanol–water partition coefficient (Wildman–Crippen LogP) is 1.79. The molecular weight excluding hydrogens is 206 g/mol. The SMILES string of the molecule is CC1Cc2cc(C3CNC(=O)O3)ccc2O1. The van der Waals surface area contributed by atoms with Crippen LogP contribution in [0.25, 0.3) is 0 Å². The molecule has 16 heavy (non-hydrogen) atoms.